The van der Waals surface area contributed by atoms with Crippen LogP contribution in [0.5, 0.6) is 11.5 Å². The van der Waals surface area contributed by atoms with Crippen molar-refractivity contribution in [3.05, 3.63) is 54.1 Å². The van der Waals surface area contributed by atoms with Crippen molar-refractivity contribution in [2.45, 2.75) is 37.9 Å². The van der Waals surface area contributed by atoms with Gasteiger partial charge in [-0.05, 0) is 61.2 Å². The Bertz CT molecular complexity index is 824. The molecule has 132 valence electrons. The van der Waals surface area contributed by atoms with Crippen molar-refractivity contribution in [3.63, 3.8) is 0 Å². The summed E-state index contributed by atoms with van der Waals surface area (Å²) in [5.41, 5.74) is 1.72. The van der Waals surface area contributed by atoms with Crippen LogP contribution >= 0.6 is 0 Å². The van der Waals surface area contributed by atoms with Crippen molar-refractivity contribution in [2.75, 3.05) is 5.32 Å². The summed E-state index contributed by atoms with van der Waals surface area (Å²) in [5, 5.41) is 11.7. The first kappa shape index (κ1) is 16.6. The standard InChI is InChI=1S/C21H20N2O3/c22-12-11-14-1-5-16(6-2-14)25-17-7-3-15(4-8-17)23-21(24)19-13-18-9-10-20(19)26-18/h1-8,18-20H,9-11,13H2,(H,23,24). The first-order valence-corrected chi connectivity index (χ1v) is 8.91. The molecule has 4 rings (SSSR count). The smallest absolute Gasteiger partial charge is 0.230 e. The van der Waals surface area contributed by atoms with Crippen LogP contribution in [0.1, 0.15) is 24.8 Å². The lowest BCUT2D eigenvalue weighted by molar-refractivity contribution is -0.121. The quantitative estimate of drug-likeness (QED) is 0.885. The maximum atomic E-state index is 12.4. The van der Waals surface area contributed by atoms with E-state index in [9.17, 15) is 4.79 Å². The SMILES string of the molecule is N#CCc1ccc(Oc2ccc(NC(=O)C3CC4CCC3O4)cc2)cc1. The third-order valence-electron chi connectivity index (χ3n) is 5.01. The molecule has 2 fully saturated rings. The van der Waals surface area contributed by atoms with Crippen LogP contribution in [0.3, 0.4) is 0 Å². The molecule has 0 aliphatic carbocycles. The zero-order valence-electron chi connectivity index (χ0n) is 14.4. The molecule has 3 atom stereocenters. The van der Waals surface area contributed by atoms with Crippen LogP contribution in [0.2, 0.25) is 0 Å². The van der Waals surface area contributed by atoms with E-state index in [1.165, 1.54) is 0 Å². The summed E-state index contributed by atoms with van der Waals surface area (Å²) in [4.78, 5) is 12.4. The van der Waals surface area contributed by atoms with Gasteiger partial charge in [-0.15, -0.1) is 0 Å². The highest BCUT2D eigenvalue weighted by atomic mass is 16.5. The fourth-order valence-corrected chi connectivity index (χ4v) is 3.66. The predicted octanol–water partition coefficient (Wildman–Crippen LogP) is 4.05. The minimum atomic E-state index is -0.0309. The van der Waals surface area contributed by atoms with Crippen LogP contribution in [-0.2, 0) is 16.0 Å². The van der Waals surface area contributed by atoms with Crippen molar-refractivity contribution in [2.24, 2.45) is 5.92 Å². The summed E-state index contributed by atoms with van der Waals surface area (Å²) in [7, 11) is 0. The molecule has 2 aliphatic heterocycles. The lowest BCUT2D eigenvalue weighted by Gasteiger charge is -2.18. The molecule has 0 saturated carbocycles. The average molecular weight is 348 g/mol. The summed E-state index contributed by atoms with van der Waals surface area (Å²) in [6.07, 6.45) is 3.65. The summed E-state index contributed by atoms with van der Waals surface area (Å²) < 4.78 is 11.6. The molecule has 26 heavy (non-hydrogen) atoms. The Morgan fingerprint density at radius 3 is 2.38 bits per heavy atom. The van der Waals surface area contributed by atoms with Gasteiger partial charge in [0.15, 0.2) is 0 Å². The number of nitriles is 1. The third kappa shape index (κ3) is 3.56. The molecule has 3 unspecified atom stereocenters. The van der Waals surface area contributed by atoms with Gasteiger partial charge in [-0.1, -0.05) is 12.1 Å². The van der Waals surface area contributed by atoms with E-state index in [0.717, 1.165) is 30.5 Å². The zero-order valence-corrected chi connectivity index (χ0v) is 14.4. The molecular weight excluding hydrogens is 328 g/mol. The summed E-state index contributed by atoms with van der Waals surface area (Å²) in [6, 6.07) is 16.9. The Morgan fingerprint density at radius 1 is 1.12 bits per heavy atom. The van der Waals surface area contributed by atoms with Crippen LogP contribution in [-0.4, -0.2) is 18.1 Å². The number of nitrogens with one attached hydrogen (secondary N) is 1. The topological polar surface area (TPSA) is 71.3 Å². The molecule has 1 amide bonds. The summed E-state index contributed by atoms with van der Waals surface area (Å²) in [5.74, 6) is 1.41. The van der Waals surface area contributed by atoms with Crippen LogP contribution < -0.4 is 10.1 Å². The first-order chi connectivity index (χ1) is 12.7. The lowest BCUT2D eigenvalue weighted by atomic mass is 9.88. The van der Waals surface area contributed by atoms with E-state index in [1.54, 1.807) is 0 Å². The number of amides is 1. The second-order valence-corrected chi connectivity index (χ2v) is 6.81. The number of carbonyl (C=O) groups is 1. The van der Waals surface area contributed by atoms with Gasteiger partial charge in [0.2, 0.25) is 5.91 Å². The van der Waals surface area contributed by atoms with Crippen LogP contribution in [0.4, 0.5) is 5.69 Å². The molecule has 0 spiro atoms. The van der Waals surface area contributed by atoms with Gasteiger partial charge in [0, 0.05) is 5.69 Å². The minimum absolute atomic E-state index is 0.0309. The fourth-order valence-electron chi connectivity index (χ4n) is 3.66. The van der Waals surface area contributed by atoms with Crippen molar-refractivity contribution >= 4 is 11.6 Å². The van der Waals surface area contributed by atoms with Crippen molar-refractivity contribution in [1.29, 1.82) is 5.26 Å². The summed E-state index contributed by atoms with van der Waals surface area (Å²) in [6.45, 7) is 0. The van der Waals surface area contributed by atoms with Crippen molar-refractivity contribution in [1.82, 2.24) is 0 Å². The van der Waals surface area contributed by atoms with Gasteiger partial charge in [0.25, 0.3) is 0 Å². The normalized spacial score (nSPS) is 23.4. The Kier molecular flexibility index (Phi) is 4.59. The van der Waals surface area contributed by atoms with Gasteiger partial charge in [0.1, 0.15) is 11.5 Å². The Morgan fingerprint density at radius 2 is 1.81 bits per heavy atom. The number of fused-ring (bicyclic) bond motifs is 2. The van der Waals surface area contributed by atoms with Gasteiger partial charge >= 0.3 is 0 Å². The number of carbonyl (C=O) groups excluding carboxylic acids is 1. The lowest BCUT2D eigenvalue weighted by Crippen LogP contribution is -2.30. The van der Waals surface area contributed by atoms with Gasteiger partial charge in [-0.2, -0.15) is 5.26 Å². The molecule has 2 saturated heterocycles. The molecule has 1 N–H and O–H groups in total. The zero-order chi connectivity index (χ0) is 17.9. The molecule has 0 aromatic heterocycles. The van der Waals surface area contributed by atoms with E-state index in [1.807, 2.05) is 48.5 Å². The Balaban J connectivity index is 1.34. The van der Waals surface area contributed by atoms with Crippen molar-refractivity contribution in [3.8, 4) is 17.6 Å². The van der Waals surface area contributed by atoms with Crippen molar-refractivity contribution < 1.29 is 14.3 Å². The largest absolute Gasteiger partial charge is 0.457 e. The fraction of sp³-hybridized carbons (Fsp3) is 0.333. The van der Waals surface area contributed by atoms with E-state index in [0.29, 0.717) is 17.9 Å². The number of anilines is 1. The van der Waals surface area contributed by atoms with E-state index in [-0.39, 0.29) is 24.0 Å². The van der Waals surface area contributed by atoms with Crippen LogP contribution in [0.25, 0.3) is 0 Å². The first-order valence-electron chi connectivity index (χ1n) is 8.91. The average Bonchev–Trinajstić information content (AvgIpc) is 3.29. The maximum Gasteiger partial charge on any atom is 0.230 e. The van der Waals surface area contributed by atoms with E-state index < -0.39 is 0 Å². The second kappa shape index (κ2) is 7.19. The number of hydrogen-bond acceptors (Lipinski definition) is 4. The second-order valence-electron chi connectivity index (χ2n) is 6.81. The third-order valence-corrected chi connectivity index (χ3v) is 5.01. The number of hydrogen-bond donors (Lipinski definition) is 1. The van der Waals surface area contributed by atoms with E-state index in [2.05, 4.69) is 11.4 Å². The molecule has 2 bridgehead atoms. The van der Waals surface area contributed by atoms with Crippen LogP contribution in [0, 0.1) is 17.2 Å². The molecule has 2 heterocycles. The monoisotopic (exact) mass is 348 g/mol. The minimum Gasteiger partial charge on any atom is -0.457 e. The number of benzene rings is 2. The predicted molar refractivity (Wildman–Crippen MR) is 96.9 cm³/mol. The molecular formula is C21H20N2O3. The van der Waals surface area contributed by atoms with Gasteiger partial charge in [-0.25, -0.2) is 0 Å². The molecule has 5 heteroatoms. The number of rotatable bonds is 5. The molecule has 2 aromatic carbocycles. The Hall–Kier alpha value is -2.84. The molecule has 2 aromatic rings. The van der Waals surface area contributed by atoms with E-state index in [4.69, 9.17) is 14.7 Å². The summed E-state index contributed by atoms with van der Waals surface area (Å²) >= 11 is 0. The molecule has 5 nitrogen and oxygen atoms in total. The van der Waals surface area contributed by atoms with Gasteiger partial charge in [0.05, 0.1) is 30.6 Å². The van der Waals surface area contributed by atoms with Gasteiger partial charge < -0.3 is 14.8 Å². The highest BCUT2D eigenvalue weighted by Gasteiger charge is 2.44. The highest BCUT2D eigenvalue weighted by molar-refractivity contribution is 5.93. The highest BCUT2D eigenvalue weighted by Crippen LogP contribution is 2.39. The molecule has 0 radical (unpaired) electrons. The van der Waals surface area contributed by atoms with Crippen LogP contribution in [0.15, 0.2) is 48.5 Å². The van der Waals surface area contributed by atoms with E-state index >= 15 is 0 Å². The number of nitrogens with zero attached hydrogens (tertiary/aromatic N) is 1. The van der Waals surface area contributed by atoms with Gasteiger partial charge in [-0.3, -0.25) is 4.79 Å². The maximum absolute atomic E-state index is 12.4. The Labute approximate surface area is 152 Å². The number of ether oxygens (including phenoxy) is 2. The molecule has 2 aliphatic rings.